The maximum atomic E-state index is 13.0. The Labute approximate surface area is 244 Å². The monoisotopic (exact) mass is 586 g/mol. The molecule has 0 aromatic carbocycles. The predicted octanol–water partition coefficient (Wildman–Crippen LogP) is 2.97. The van der Waals surface area contributed by atoms with Gasteiger partial charge in [-0.1, -0.05) is 20.8 Å². The molecule has 4 unspecified atom stereocenters. The number of nitrogens with zero attached hydrogens (tertiary/aromatic N) is 3. The minimum Gasteiger partial charge on any atom is -0.385 e. The Balaban J connectivity index is 0.00000216. The van der Waals surface area contributed by atoms with Crippen molar-refractivity contribution in [1.29, 1.82) is 5.26 Å². The van der Waals surface area contributed by atoms with E-state index in [2.05, 4.69) is 35.0 Å². The van der Waals surface area contributed by atoms with Crippen LogP contribution in [0, 0.1) is 30.1 Å². The number of amides is 2. The highest BCUT2D eigenvalue weighted by molar-refractivity contribution is 7.14. The van der Waals surface area contributed by atoms with E-state index in [0.29, 0.717) is 29.0 Å². The Bertz CT molecular complexity index is 1250. The molecule has 2 fully saturated rings. The quantitative estimate of drug-likeness (QED) is 0.110. The minimum atomic E-state index is -0.404. The number of thiophene rings is 2. The second-order valence-corrected chi connectivity index (χ2v) is 12.5. The number of nitrogens with two attached hydrogens (primary N) is 3. The summed E-state index contributed by atoms with van der Waals surface area (Å²) in [5.41, 5.74) is 16.4. The Morgan fingerprint density at radius 2 is 1.98 bits per heavy atom. The summed E-state index contributed by atoms with van der Waals surface area (Å²) in [4.78, 5) is 29.1. The molecule has 10 nitrogen and oxygen atoms in total. The summed E-state index contributed by atoms with van der Waals surface area (Å²) < 4.78 is 0. The average Bonchev–Trinajstić information content (AvgIpc) is 3.37. The van der Waals surface area contributed by atoms with Crippen molar-refractivity contribution in [1.82, 2.24) is 15.8 Å². The van der Waals surface area contributed by atoms with Gasteiger partial charge in [-0.2, -0.15) is 10.4 Å². The summed E-state index contributed by atoms with van der Waals surface area (Å²) in [6.07, 6.45) is 2.95. The Kier molecular flexibility index (Phi) is 11.1. The lowest BCUT2D eigenvalue weighted by molar-refractivity contribution is -0.131. The molecule has 2 aromatic heterocycles. The van der Waals surface area contributed by atoms with Gasteiger partial charge in [-0.25, -0.2) is 11.4 Å². The van der Waals surface area contributed by atoms with Gasteiger partial charge in [-0.3, -0.25) is 9.59 Å². The third-order valence-corrected chi connectivity index (χ3v) is 10.0. The first-order valence-corrected chi connectivity index (χ1v) is 15.5. The molecule has 0 radical (unpaired) electrons. The molecule has 3 heterocycles. The highest BCUT2D eigenvalue weighted by atomic mass is 32.1. The Morgan fingerprint density at radius 1 is 1.27 bits per heavy atom. The molecule has 8 N–H and O–H groups in total. The van der Waals surface area contributed by atoms with Gasteiger partial charge in [0.15, 0.2) is 0 Å². The van der Waals surface area contributed by atoms with Crippen molar-refractivity contribution in [3.8, 4) is 6.07 Å². The molecule has 4 rings (SSSR count). The van der Waals surface area contributed by atoms with Gasteiger partial charge in [0.1, 0.15) is 11.9 Å². The van der Waals surface area contributed by atoms with Crippen LogP contribution in [-0.4, -0.2) is 47.2 Å². The number of hydrogen-bond acceptors (Lipinski definition) is 9. The van der Waals surface area contributed by atoms with Gasteiger partial charge in [-0.15, -0.1) is 22.7 Å². The summed E-state index contributed by atoms with van der Waals surface area (Å²) in [6, 6.07) is 6.10. The van der Waals surface area contributed by atoms with E-state index in [1.165, 1.54) is 11.3 Å². The zero-order valence-corrected chi connectivity index (χ0v) is 25.6. The van der Waals surface area contributed by atoms with Crippen LogP contribution in [0.3, 0.4) is 0 Å². The molecule has 12 heteroatoms. The number of primary amides is 1. The average molecular weight is 587 g/mol. The zero-order chi connectivity index (χ0) is 29.6. The number of nitrogens with one attached hydrogen (secondary N) is 2. The molecule has 0 spiro atoms. The summed E-state index contributed by atoms with van der Waals surface area (Å²) in [6.45, 7) is 10.3. The summed E-state index contributed by atoms with van der Waals surface area (Å²) in [7, 11) is 0. The largest absolute Gasteiger partial charge is 0.385 e. The predicted molar refractivity (Wildman–Crippen MR) is 162 cm³/mol. The summed E-state index contributed by atoms with van der Waals surface area (Å²) in [5, 5.41) is 18.9. The van der Waals surface area contributed by atoms with Crippen LogP contribution < -0.4 is 28.2 Å². The van der Waals surface area contributed by atoms with E-state index in [1.807, 2.05) is 39.1 Å². The second-order valence-electron chi connectivity index (χ2n) is 10.3. The number of aryl methyl sites for hydroxylation is 3. The topological polar surface area (TPSA) is 176 Å². The lowest BCUT2D eigenvalue weighted by atomic mass is 9.93. The van der Waals surface area contributed by atoms with Gasteiger partial charge < -0.3 is 21.7 Å². The third kappa shape index (κ3) is 7.01. The first kappa shape index (κ1) is 31.5. The second kappa shape index (κ2) is 14.1. The Hall–Kier alpha value is -2.98. The maximum Gasteiger partial charge on any atom is 0.258 e. The van der Waals surface area contributed by atoms with E-state index >= 15 is 0 Å². The fraction of sp³-hybridized carbons (Fsp3) is 0.571. The van der Waals surface area contributed by atoms with Crippen LogP contribution in [-0.2, 0) is 17.6 Å². The first-order valence-electron chi connectivity index (χ1n) is 13.8. The molecule has 0 bridgehead atoms. The fourth-order valence-corrected chi connectivity index (χ4v) is 7.70. The fourth-order valence-electron chi connectivity index (χ4n) is 5.69. The number of rotatable bonds is 12. The van der Waals surface area contributed by atoms with Crippen LogP contribution in [0.1, 0.15) is 77.0 Å². The number of hydrogen-bond donors (Lipinski definition) is 5. The van der Waals surface area contributed by atoms with Crippen LogP contribution in [0.15, 0.2) is 22.6 Å². The Morgan fingerprint density at radius 3 is 2.60 bits per heavy atom. The lowest BCUT2D eigenvalue weighted by Crippen LogP contribution is -2.45. The first-order chi connectivity index (χ1) is 19.2. The van der Waals surface area contributed by atoms with Crippen molar-refractivity contribution in [2.75, 3.05) is 6.54 Å². The molecule has 2 aromatic rings. The molecule has 40 heavy (non-hydrogen) atoms. The smallest absolute Gasteiger partial charge is 0.258 e. The molecule has 2 amide bonds. The number of carbonyl (C=O) groups excluding carboxylic acids is 2. The van der Waals surface area contributed by atoms with Crippen LogP contribution in [0.4, 0.5) is 0 Å². The van der Waals surface area contributed by atoms with E-state index in [4.69, 9.17) is 17.3 Å². The van der Waals surface area contributed by atoms with E-state index in [-0.39, 0.29) is 36.5 Å². The molecule has 1 saturated carbocycles. The van der Waals surface area contributed by atoms with Crippen molar-refractivity contribution in [2.24, 2.45) is 34.2 Å². The van der Waals surface area contributed by atoms with Crippen molar-refractivity contribution in [3.63, 3.8) is 0 Å². The van der Waals surface area contributed by atoms with Crippen molar-refractivity contribution in [2.45, 2.75) is 84.3 Å². The zero-order valence-electron chi connectivity index (χ0n) is 23.9. The number of nitriles is 1. The van der Waals surface area contributed by atoms with Gasteiger partial charge in [0.05, 0.1) is 23.4 Å². The van der Waals surface area contributed by atoms with E-state index in [0.717, 1.165) is 40.1 Å². The minimum absolute atomic E-state index is 0.0275. The highest BCUT2D eigenvalue weighted by Crippen LogP contribution is 2.52. The number of hydrazine groups is 1. The number of amidine groups is 1. The number of hydrazone groups is 1. The molecule has 218 valence electrons. The number of piperidine rings is 1. The van der Waals surface area contributed by atoms with Crippen molar-refractivity contribution < 1.29 is 9.59 Å². The molecule has 1 saturated heterocycles. The van der Waals surface area contributed by atoms with Gasteiger partial charge >= 0.3 is 0 Å². The van der Waals surface area contributed by atoms with Crippen molar-refractivity contribution in [3.05, 3.63) is 43.3 Å². The molecule has 1 aliphatic carbocycles. The number of fused-ring (bicyclic) bond motifs is 1. The normalized spacial score (nSPS) is 22.9. The van der Waals surface area contributed by atoms with Gasteiger partial charge in [0.2, 0.25) is 5.91 Å². The van der Waals surface area contributed by atoms with Crippen LogP contribution in [0.25, 0.3) is 0 Å². The summed E-state index contributed by atoms with van der Waals surface area (Å²) in [5.74, 6) is 6.12. The molecule has 2 aliphatic rings. The van der Waals surface area contributed by atoms with Gasteiger partial charge in [-0.05, 0) is 80.0 Å². The van der Waals surface area contributed by atoms with E-state index in [9.17, 15) is 14.9 Å². The van der Waals surface area contributed by atoms with Crippen LogP contribution in [0.2, 0.25) is 0 Å². The highest BCUT2D eigenvalue weighted by Gasteiger charge is 2.59. The molecule has 6 atom stereocenters. The SMILES string of the molecule is CC.Cc1sc(C(N)=O)cc1CCc1ccsc1C(C[C@@H](C)NCC(=O)N1C2C(C)C2C[C@H]1C#N)/C(N)=N/NN. The van der Waals surface area contributed by atoms with Gasteiger partial charge in [0, 0.05) is 21.8 Å². The lowest BCUT2D eigenvalue weighted by Gasteiger charge is -2.26. The van der Waals surface area contributed by atoms with Gasteiger partial charge in [0.25, 0.3) is 5.91 Å². The third-order valence-electron chi connectivity index (χ3n) is 7.87. The number of likely N-dealkylation sites (tertiary alicyclic amines) is 1. The van der Waals surface area contributed by atoms with Crippen LogP contribution in [0.5, 0.6) is 0 Å². The molecular weight excluding hydrogens is 544 g/mol. The molecular formula is C28H42N8O2S2. The standard InChI is InChI=1S/C26H36N8O2S2.C2H6/c1-13(31-12-22(35)34-18(11-27)10-19-14(2)23(19)34)8-20(25(28)32-33-30)24-16(6-7-37-24)4-5-17-9-21(26(29)36)38-15(17)3;1-2/h6-7,9,13-14,18-20,23,31,33H,4-5,8,10,12,30H2,1-3H3,(H2,28,32)(H2,29,36);1-2H3/t13-,14?,18+,19?,20?,23?;/m1./s1. The van der Waals surface area contributed by atoms with E-state index in [1.54, 1.807) is 16.2 Å². The summed E-state index contributed by atoms with van der Waals surface area (Å²) >= 11 is 3.04. The van der Waals surface area contributed by atoms with E-state index < -0.39 is 5.91 Å². The maximum absolute atomic E-state index is 13.0. The van der Waals surface area contributed by atoms with Crippen molar-refractivity contribution >= 4 is 40.3 Å². The number of carbonyl (C=O) groups is 2. The molecule has 1 aliphatic heterocycles. The van der Waals surface area contributed by atoms with Crippen LogP contribution >= 0.6 is 22.7 Å².